The van der Waals surface area contributed by atoms with Gasteiger partial charge in [-0.25, -0.2) is 4.98 Å². The van der Waals surface area contributed by atoms with Gasteiger partial charge in [-0.3, -0.25) is 9.69 Å². The van der Waals surface area contributed by atoms with Gasteiger partial charge in [-0.1, -0.05) is 30.3 Å². The Hall–Kier alpha value is -2.24. The monoisotopic (exact) mass is 337 g/mol. The van der Waals surface area contributed by atoms with Crippen molar-refractivity contribution in [1.82, 2.24) is 14.9 Å². The van der Waals surface area contributed by atoms with Crippen LogP contribution in [0.1, 0.15) is 21.0 Å². The molecular weight excluding hydrogens is 318 g/mol. The number of benzene rings is 1. The highest BCUT2D eigenvalue weighted by molar-refractivity contribution is 7.11. The summed E-state index contributed by atoms with van der Waals surface area (Å²) in [6, 6.07) is 14.1. The van der Waals surface area contributed by atoms with Crippen LogP contribution in [-0.4, -0.2) is 21.4 Å². The molecule has 1 N–H and O–H groups in total. The Kier molecular flexibility index (Phi) is 4.04. The second-order valence-corrected chi connectivity index (χ2v) is 7.55. The predicted molar refractivity (Wildman–Crippen MR) is 97.2 cm³/mol. The molecule has 1 aliphatic heterocycles. The second-order valence-electron chi connectivity index (χ2n) is 6.18. The zero-order chi connectivity index (χ0) is 16.5. The van der Waals surface area contributed by atoms with Gasteiger partial charge < -0.3 is 4.98 Å². The summed E-state index contributed by atoms with van der Waals surface area (Å²) < 4.78 is 0. The summed E-state index contributed by atoms with van der Waals surface area (Å²) >= 11 is 1.82. The fourth-order valence-corrected chi connectivity index (χ4v) is 4.07. The first-order valence-electron chi connectivity index (χ1n) is 8.14. The van der Waals surface area contributed by atoms with Gasteiger partial charge >= 0.3 is 0 Å². The van der Waals surface area contributed by atoms with Crippen molar-refractivity contribution in [2.75, 3.05) is 6.54 Å². The number of thiophene rings is 1. The van der Waals surface area contributed by atoms with E-state index in [9.17, 15) is 4.79 Å². The molecule has 0 amide bonds. The third-order valence-corrected chi connectivity index (χ3v) is 5.36. The van der Waals surface area contributed by atoms with Crippen LogP contribution in [0.25, 0.3) is 11.4 Å². The molecule has 0 aliphatic carbocycles. The molecule has 4 nitrogen and oxygen atoms in total. The highest BCUT2D eigenvalue weighted by atomic mass is 32.1. The van der Waals surface area contributed by atoms with Gasteiger partial charge in [0.2, 0.25) is 0 Å². The maximum Gasteiger partial charge on any atom is 0.255 e. The SMILES string of the molecule is Cc1ccc(CN2CCc3nc(-c4ccccc4)[nH]c(=O)c3C2)s1. The number of nitrogens with zero attached hydrogens (tertiary/aromatic N) is 2. The zero-order valence-electron chi connectivity index (χ0n) is 13.6. The largest absolute Gasteiger partial charge is 0.306 e. The molecule has 0 atom stereocenters. The van der Waals surface area contributed by atoms with Gasteiger partial charge in [0.1, 0.15) is 5.82 Å². The fraction of sp³-hybridized carbons (Fsp3) is 0.263. The molecule has 3 aromatic rings. The maximum absolute atomic E-state index is 12.5. The number of hydrogen-bond acceptors (Lipinski definition) is 4. The van der Waals surface area contributed by atoms with E-state index in [1.165, 1.54) is 9.75 Å². The molecule has 0 saturated carbocycles. The maximum atomic E-state index is 12.5. The van der Waals surface area contributed by atoms with E-state index in [1.807, 2.05) is 41.7 Å². The van der Waals surface area contributed by atoms with Crippen molar-refractivity contribution in [2.24, 2.45) is 0 Å². The quantitative estimate of drug-likeness (QED) is 0.797. The van der Waals surface area contributed by atoms with Crippen LogP contribution in [0.5, 0.6) is 0 Å². The van der Waals surface area contributed by atoms with Crippen molar-refractivity contribution in [3.8, 4) is 11.4 Å². The van der Waals surface area contributed by atoms with Gasteiger partial charge in [0, 0.05) is 41.4 Å². The van der Waals surface area contributed by atoms with Crippen molar-refractivity contribution in [3.63, 3.8) is 0 Å². The normalized spacial score (nSPS) is 14.5. The average Bonchev–Trinajstić information content (AvgIpc) is 3.01. The number of nitrogens with one attached hydrogen (secondary N) is 1. The summed E-state index contributed by atoms with van der Waals surface area (Å²) in [7, 11) is 0. The van der Waals surface area contributed by atoms with Gasteiger partial charge in [-0.15, -0.1) is 11.3 Å². The molecule has 0 radical (unpaired) electrons. The van der Waals surface area contributed by atoms with Crippen molar-refractivity contribution < 1.29 is 0 Å². The van der Waals surface area contributed by atoms with Gasteiger partial charge in [-0.2, -0.15) is 0 Å². The molecule has 5 heteroatoms. The molecule has 0 unspecified atom stereocenters. The lowest BCUT2D eigenvalue weighted by atomic mass is 10.1. The third kappa shape index (κ3) is 3.05. The summed E-state index contributed by atoms with van der Waals surface area (Å²) in [5.74, 6) is 0.668. The van der Waals surface area contributed by atoms with Gasteiger partial charge in [0.25, 0.3) is 5.56 Å². The van der Waals surface area contributed by atoms with Crippen LogP contribution >= 0.6 is 11.3 Å². The minimum Gasteiger partial charge on any atom is -0.306 e. The first kappa shape index (κ1) is 15.3. The number of hydrogen-bond donors (Lipinski definition) is 1. The summed E-state index contributed by atoms with van der Waals surface area (Å²) in [5, 5.41) is 0. The average molecular weight is 337 g/mol. The second kappa shape index (κ2) is 6.34. The highest BCUT2D eigenvalue weighted by Gasteiger charge is 2.21. The first-order valence-corrected chi connectivity index (χ1v) is 8.96. The van der Waals surface area contributed by atoms with Crippen molar-refractivity contribution in [1.29, 1.82) is 0 Å². The topological polar surface area (TPSA) is 49.0 Å². The van der Waals surface area contributed by atoms with Gasteiger partial charge in [0.05, 0.1) is 11.3 Å². The fourth-order valence-electron chi connectivity index (χ4n) is 3.14. The van der Waals surface area contributed by atoms with Gasteiger partial charge in [-0.05, 0) is 19.1 Å². The number of aromatic amines is 1. The first-order chi connectivity index (χ1) is 11.7. The van der Waals surface area contributed by atoms with E-state index in [1.54, 1.807) is 0 Å². The lowest BCUT2D eigenvalue weighted by molar-refractivity contribution is 0.244. The Morgan fingerprint density at radius 1 is 1.21 bits per heavy atom. The summed E-state index contributed by atoms with van der Waals surface area (Å²) in [6.07, 6.45) is 0.823. The summed E-state index contributed by atoms with van der Waals surface area (Å²) in [6.45, 7) is 4.63. The Morgan fingerprint density at radius 2 is 2.04 bits per heavy atom. The minimum absolute atomic E-state index is 0.00841. The number of aromatic nitrogens is 2. The van der Waals surface area contributed by atoms with E-state index < -0.39 is 0 Å². The zero-order valence-corrected chi connectivity index (χ0v) is 14.4. The number of rotatable bonds is 3. The van der Waals surface area contributed by atoms with Crippen molar-refractivity contribution in [2.45, 2.75) is 26.4 Å². The van der Waals surface area contributed by atoms with Gasteiger partial charge in [0.15, 0.2) is 0 Å². The Morgan fingerprint density at radius 3 is 2.79 bits per heavy atom. The molecule has 3 heterocycles. The van der Waals surface area contributed by atoms with E-state index >= 15 is 0 Å². The molecule has 0 fully saturated rings. The molecule has 1 aromatic carbocycles. The number of aryl methyl sites for hydroxylation is 1. The van der Waals surface area contributed by atoms with Crippen molar-refractivity contribution in [3.05, 3.63) is 73.8 Å². The van der Waals surface area contributed by atoms with Crippen LogP contribution in [0.3, 0.4) is 0 Å². The van der Waals surface area contributed by atoms with E-state index in [-0.39, 0.29) is 5.56 Å². The number of fused-ring (bicyclic) bond motifs is 1. The van der Waals surface area contributed by atoms with Crippen LogP contribution in [0.2, 0.25) is 0 Å². The highest BCUT2D eigenvalue weighted by Crippen LogP contribution is 2.22. The van der Waals surface area contributed by atoms with E-state index in [0.717, 1.165) is 36.3 Å². The molecule has 0 saturated heterocycles. The lowest BCUT2D eigenvalue weighted by Gasteiger charge is -2.27. The van der Waals surface area contributed by atoms with Crippen LogP contribution in [0, 0.1) is 6.92 Å². The number of H-pyrrole nitrogens is 1. The summed E-state index contributed by atoms with van der Waals surface area (Å²) in [5.41, 5.74) is 2.70. The summed E-state index contributed by atoms with van der Waals surface area (Å²) in [4.78, 5) is 25.2. The standard InChI is InChI=1S/C19H19N3OS/c1-13-7-8-15(24-13)11-22-10-9-17-16(12-22)19(23)21-18(20-17)14-5-3-2-4-6-14/h2-8H,9-12H2,1H3,(H,20,21,23). The molecule has 0 bridgehead atoms. The third-order valence-electron chi connectivity index (χ3n) is 4.37. The van der Waals surface area contributed by atoms with E-state index in [2.05, 4.69) is 28.9 Å². The molecule has 122 valence electrons. The van der Waals surface area contributed by atoms with Crippen LogP contribution < -0.4 is 5.56 Å². The van der Waals surface area contributed by atoms with E-state index in [4.69, 9.17) is 4.98 Å². The molecule has 4 rings (SSSR count). The van der Waals surface area contributed by atoms with Crippen LogP contribution in [-0.2, 0) is 19.5 Å². The molecular formula is C19H19N3OS. The van der Waals surface area contributed by atoms with Crippen LogP contribution in [0.4, 0.5) is 0 Å². The molecule has 24 heavy (non-hydrogen) atoms. The molecule has 2 aromatic heterocycles. The Balaban J connectivity index is 1.59. The Labute approximate surface area is 144 Å². The smallest absolute Gasteiger partial charge is 0.255 e. The molecule has 0 spiro atoms. The lowest BCUT2D eigenvalue weighted by Crippen LogP contribution is -2.35. The van der Waals surface area contributed by atoms with Crippen molar-refractivity contribution >= 4 is 11.3 Å². The minimum atomic E-state index is -0.00841. The predicted octanol–water partition coefficient (Wildman–Crippen LogP) is 3.37. The Bertz CT molecular complexity index is 914. The molecule has 1 aliphatic rings. The van der Waals surface area contributed by atoms with Crippen LogP contribution in [0.15, 0.2) is 47.3 Å². The van der Waals surface area contributed by atoms with E-state index in [0.29, 0.717) is 12.4 Å².